The Hall–Kier alpha value is -2.88. The summed E-state index contributed by atoms with van der Waals surface area (Å²) in [5, 5.41) is 3.31. The van der Waals surface area contributed by atoms with Crippen LogP contribution in [0.5, 0.6) is 0 Å². The SMILES string of the molecule is CNc1cc2c3c(c1)[C@H](c1ccc(F)cc1)CCN3CC[C@H]2c1ccc(F)cc1. The van der Waals surface area contributed by atoms with Gasteiger partial charge in [-0.15, -0.1) is 0 Å². The van der Waals surface area contributed by atoms with E-state index in [1.165, 1.54) is 16.8 Å². The first-order valence-corrected chi connectivity index (χ1v) is 10.3. The third-order valence-electron chi connectivity index (χ3n) is 6.44. The van der Waals surface area contributed by atoms with Gasteiger partial charge in [0.15, 0.2) is 0 Å². The second kappa shape index (κ2) is 7.18. The number of rotatable bonds is 3. The van der Waals surface area contributed by atoms with Crippen molar-refractivity contribution in [3.05, 3.63) is 94.6 Å². The summed E-state index contributed by atoms with van der Waals surface area (Å²) < 4.78 is 27.0. The molecule has 0 spiro atoms. The Bertz CT molecular complexity index is 949. The molecule has 148 valence electrons. The maximum absolute atomic E-state index is 13.5. The summed E-state index contributed by atoms with van der Waals surface area (Å²) >= 11 is 0. The molecule has 5 rings (SSSR count). The Morgan fingerprint density at radius 2 is 1.21 bits per heavy atom. The molecule has 2 aliphatic heterocycles. The van der Waals surface area contributed by atoms with Gasteiger partial charge in [0.25, 0.3) is 0 Å². The van der Waals surface area contributed by atoms with Gasteiger partial charge < -0.3 is 10.2 Å². The van der Waals surface area contributed by atoms with Gasteiger partial charge in [-0.05, 0) is 71.5 Å². The van der Waals surface area contributed by atoms with E-state index in [1.807, 2.05) is 31.3 Å². The largest absolute Gasteiger partial charge is 0.388 e. The van der Waals surface area contributed by atoms with Crippen LogP contribution in [-0.2, 0) is 0 Å². The average Bonchev–Trinajstić information content (AvgIpc) is 2.75. The maximum atomic E-state index is 13.5. The summed E-state index contributed by atoms with van der Waals surface area (Å²) in [5.41, 5.74) is 7.32. The van der Waals surface area contributed by atoms with E-state index in [0.717, 1.165) is 42.7 Å². The minimum Gasteiger partial charge on any atom is -0.388 e. The third-order valence-corrected chi connectivity index (χ3v) is 6.44. The fourth-order valence-electron chi connectivity index (χ4n) is 5.02. The molecular formula is C25H24F2N2. The van der Waals surface area contributed by atoms with Gasteiger partial charge >= 0.3 is 0 Å². The predicted molar refractivity (Wildman–Crippen MR) is 114 cm³/mol. The zero-order chi connectivity index (χ0) is 20.0. The lowest BCUT2D eigenvalue weighted by Gasteiger charge is -2.43. The van der Waals surface area contributed by atoms with Gasteiger partial charge in [-0.25, -0.2) is 8.78 Å². The Kier molecular flexibility index (Phi) is 4.50. The Balaban J connectivity index is 1.66. The van der Waals surface area contributed by atoms with Crippen LogP contribution in [0.1, 0.15) is 46.9 Å². The molecule has 0 saturated carbocycles. The van der Waals surface area contributed by atoms with E-state index in [-0.39, 0.29) is 23.5 Å². The summed E-state index contributed by atoms with van der Waals surface area (Å²) in [6, 6.07) is 18.3. The molecule has 1 N–H and O–H groups in total. The van der Waals surface area contributed by atoms with Crippen molar-refractivity contribution in [2.24, 2.45) is 0 Å². The van der Waals surface area contributed by atoms with E-state index in [2.05, 4.69) is 22.3 Å². The normalized spacial score (nSPS) is 20.3. The van der Waals surface area contributed by atoms with Crippen LogP contribution >= 0.6 is 0 Å². The van der Waals surface area contributed by atoms with Crippen LogP contribution in [0.3, 0.4) is 0 Å². The highest BCUT2D eigenvalue weighted by molar-refractivity contribution is 5.72. The molecule has 0 unspecified atom stereocenters. The number of hydrogen-bond donors (Lipinski definition) is 1. The Morgan fingerprint density at radius 3 is 1.62 bits per heavy atom. The standard InChI is InChI=1S/C25H24F2N2/c1-28-20-14-23-21(16-2-6-18(26)7-3-16)10-12-29-13-11-22(24(15-20)25(23)29)17-4-8-19(27)9-5-17/h2-9,14-15,21-22,28H,10-13H2,1H3/t21-,22-/m0/s1. The highest BCUT2D eigenvalue weighted by Gasteiger charge is 2.35. The van der Waals surface area contributed by atoms with Gasteiger partial charge in [0.2, 0.25) is 0 Å². The Labute approximate surface area is 170 Å². The molecule has 2 aliphatic rings. The van der Waals surface area contributed by atoms with Crippen LogP contribution in [0, 0.1) is 11.6 Å². The molecule has 0 amide bonds. The molecule has 3 aromatic rings. The minimum atomic E-state index is -0.200. The number of hydrogen-bond acceptors (Lipinski definition) is 2. The van der Waals surface area contributed by atoms with Gasteiger partial charge in [-0.2, -0.15) is 0 Å². The second-order valence-electron chi connectivity index (χ2n) is 8.03. The predicted octanol–water partition coefficient (Wildman–Crippen LogP) is 5.88. The van der Waals surface area contributed by atoms with Crippen molar-refractivity contribution in [2.45, 2.75) is 24.7 Å². The van der Waals surface area contributed by atoms with Gasteiger partial charge in [0.05, 0.1) is 0 Å². The smallest absolute Gasteiger partial charge is 0.123 e. The molecule has 2 nitrogen and oxygen atoms in total. The molecule has 4 heteroatoms. The average molecular weight is 390 g/mol. The second-order valence-corrected chi connectivity index (χ2v) is 8.03. The zero-order valence-electron chi connectivity index (χ0n) is 16.5. The van der Waals surface area contributed by atoms with Crippen molar-refractivity contribution in [2.75, 3.05) is 30.4 Å². The lowest BCUT2D eigenvalue weighted by Crippen LogP contribution is -2.37. The number of anilines is 2. The summed E-state index contributed by atoms with van der Waals surface area (Å²) in [6.45, 7) is 1.99. The molecule has 0 aromatic heterocycles. The first-order valence-electron chi connectivity index (χ1n) is 10.3. The van der Waals surface area contributed by atoms with Crippen LogP contribution < -0.4 is 10.2 Å². The van der Waals surface area contributed by atoms with Gasteiger partial charge in [-0.3, -0.25) is 0 Å². The lowest BCUT2D eigenvalue weighted by molar-refractivity contribution is 0.569. The van der Waals surface area contributed by atoms with E-state index >= 15 is 0 Å². The number of nitrogens with zero attached hydrogens (tertiary/aromatic N) is 1. The number of halogens is 2. The van der Waals surface area contributed by atoms with E-state index < -0.39 is 0 Å². The molecule has 0 aliphatic carbocycles. The summed E-state index contributed by atoms with van der Waals surface area (Å²) in [4.78, 5) is 2.49. The van der Waals surface area contributed by atoms with Gasteiger partial charge in [0.1, 0.15) is 11.6 Å². The zero-order valence-corrected chi connectivity index (χ0v) is 16.5. The third kappa shape index (κ3) is 3.17. The summed E-state index contributed by atoms with van der Waals surface area (Å²) in [7, 11) is 1.94. The fraction of sp³-hybridized carbons (Fsp3) is 0.280. The lowest BCUT2D eigenvalue weighted by atomic mass is 9.76. The van der Waals surface area contributed by atoms with E-state index in [0.29, 0.717) is 0 Å². The first-order chi connectivity index (χ1) is 14.1. The molecular weight excluding hydrogens is 366 g/mol. The topological polar surface area (TPSA) is 15.3 Å². The minimum absolute atomic E-state index is 0.200. The number of benzene rings is 3. The molecule has 0 saturated heterocycles. The molecule has 0 bridgehead atoms. The van der Waals surface area contributed by atoms with Crippen LogP contribution in [0.25, 0.3) is 0 Å². The van der Waals surface area contributed by atoms with E-state index in [9.17, 15) is 8.78 Å². The van der Waals surface area contributed by atoms with Crippen molar-refractivity contribution in [1.82, 2.24) is 0 Å². The van der Waals surface area contributed by atoms with Crippen molar-refractivity contribution in [3.63, 3.8) is 0 Å². The molecule has 2 heterocycles. The highest BCUT2D eigenvalue weighted by Crippen LogP contribution is 2.49. The van der Waals surface area contributed by atoms with Crippen LogP contribution in [0.2, 0.25) is 0 Å². The summed E-state index contributed by atoms with van der Waals surface area (Å²) in [5.74, 6) is 0.101. The monoisotopic (exact) mass is 390 g/mol. The van der Waals surface area contributed by atoms with Gasteiger partial charge in [0, 0.05) is 43.3 Å². The quantitative estimate of drug-likeness (QED) is 0.600. The molecule has 0 fully saturated rings. The molecule has 29 heavy (non-hydrogen) atoms. The number of nitrogens with one attached hydrogen (secondary N) is 1. The van der Waals surface area contributed by atoms with Crippen molar-refractivity contribution in [1.29, 1.82) is 0 Å². The van der Waals surface area contributed by atoms with E-state index in [1.54, 1.807) is 24.3 Å². The molecule has 2 atom stereocenters. The fourth-order valence-corrected chi connectivity index (χ4v) is 5.02. The van der Waals surface area contributed by atoms with E-state index in [4.69, 9.17) is 0 Å². The van der Waals surface area contributed by atoms with Crippen LogP contribution in [0.15, 0.2) is 60.7 Å². The summed E-state index contributed by atoms with van der Waals surface area (Å²) in [6.07, 6.45) is 2.04. The molecule has 3 aromatic carbocycles. The molecule has 0 radical (unpaired) electrons. The Morgan fingerprint density at radius 1 is 0.759 bits per heavy atom. The highest BCUT2D eigenvalue weighted by atomic mass is 19.1. The van der Waals surface area contributed by atoms with Gasteiger partial charge in [-0.1, -0.05) is 24.3 Å². The van der Waals surface area contributed by atoms with Crippen LogP contribution in [-0.4, -0.2) is 20.1 Å². The van der Waals surface area contributed by atoms with Crippen molar-refractivity contribution >= 4 is 11.4 Å². The van der Waals surface area contributed by atoms with Crippen molar-refractivity contribution in [3.8, 4) is 0 Å². The first kappa shape index (κ1) is 18.2. The van der Waals surface area contributed by atoms with Crippen LogP contribution in [0.4, 0.5) is 20.2 Å². The maximum Gasteiger partial charge on any atom is 0.123 e. The van der Waals surface area contributed by atoms with Crippen molar-refractivity contribution < 1.29 is 8.78 Å².